The lowest BCUT2D eigenvalue weighted by Gasteiger charge is -2.07. The number of nitrogens with two attached hydrogens (primary N) is 1. The second-order valence-corrected chi connectivity index (χ2v) is 7.85. The molecule has 0 amide bonds. The second-order valence-electron chi connectivity index (χ2n) is 5.56. The summed E-state index contributed by atoms with van der Waals surface area (Å²) >= 11 is 0. The SMILES string of the molecule is CCS(=N)(=O)c1nc(N)c2[nH]c(=O)n(Cc3ccc(C)cc3)c2n1. The standard InChI is InChI=1S/C15H18N6O2S/c1-3-24(17,23)14-19-12(16)11-13(20-14)21(15(22)18-11)8-10-6-4-9(2)5-7-10/h4-7,17H,3,8H2,1-2H3,(H,18,22)(H2,16,19,20). The van der Waals surface area contributed by atoms with Gasteiger partial charge < -0.3 is 10.7 Å². The fourth-order valence-corrected chi connectivity index (χ4v) is 3.07. The van der Waals surface area contributed by atoms with E-state index in [-0.39, 0.29) is 28.1 Å². The van der Waals surface area contributed by atoms with Crippen LogP contribution in [-0.2, 0) is 16.3 Å². The predicted molar refractivity (Wildman–Crippen MR) is 92.5 cm³/mol. The molecule has 0 spiro atoms. The quantitative estimate of drug-likeness (QED) is 0.616. The van der Waals surface area contributed by atoms with Crippen molar-refractivity contribution in [3.8, 4) is 0 Å². The van der Waals surface area contributed by atoms with Gasteiger partial charge in [0.15, 0.2) is 11.5 Å². The number of aromatic amines is 1. The first-order chi connectivity index (χ1) is 11.3. The van der Waals surface area contributed by atoms with Gasteiger partial charge in [0.05, 0.1) is 6.54 Å². The van der Waals surface area contributed by atoms with Crippen molar-refractivity contribution in [1.82, 2.24) is 19.5 Å². The number of nitrogens with zero attached hydrogens (tertiary/aromatic N) is 3. The van der Waals surface area contributed by atoms with E-state index in [1.807, 2.05) is 31.2 Å². The predicted octanol–water partition coefficient (Wildman–Crippen LogP) is 1.48. The average Bonchev–Trinajstić information content (AvgIpc) is 2.86. The van der Waals surface area contributed by atoms with E-state index in [9.17, 15) is 9.00 Å². The van der Waals surface area contributed by atoms with Crippen molar-refractivity contribution < 1.29 is 4.21 Å². The number of nitrogens with one attached hydrogen (secondary N) is 2. The lowest BCUT2D eigenvalue weighted by Crippen LogP contribution is -2.18. The average molecular weight is 346 g/mol. The van der Waals surface area contributed by atoms with Crippen LogP contribution in [-0.4, -0.2) is 29.5 Å². The molecule has 24 heavy (non-hydrogen) atoms. The zero-order valence-corrected chi connectivity index (χ0v) is 14.2. The molecule has 0 aliphatic carbocycles. The summed E-state index contributed by atoms with van der Waals surface area (Å²) < 4.78 is 21.5. The van der Waals surface area contributed by atoms with E-state index in [4.69, 9.17) is 10.5 Å². The molecule has 0 aliphatic heterocycles. The summed E-state index contributed by atoms with van der Waals surface area (Å²) in [6.07, 6.45) is 0. The van der Waals surface area contributed by atoms with Gasteiger partial charge in [-0.1, -0.05) is 36.8 Å². The van der Waals surface area contributed by atoms with E-state index >= 15 is 0 Å². The van der Waals surface area contributed by atoms with Crippen LogP contribution < -0.4 is 11.4 Å². The molecular formula is C15H18N6O2S. The van der Waals surface area contributed by atoms with Crippen molar-refractivity contribution in [3.63, 3.8) is 0 Å². The summed E-state index contributed by atoms with van der Waals surface area (Å²) in [5.74, 6) is 0.0908. The maximum atomic E-state index is 12.3. The highest BCUT2D eigenvalue weighted by atomic mass is 32.2. The Kier molecular flexibility index (Phi) is 3.88. The van der Waals surface area contributed by atoms with Gasteiger partial charge in [0.25, 0.3) is 0 Å². The number of hydrogen-bond acceptors (Lipinski definition) is 6. The van der Waals surface area contributed by atoms with Crippen LogP contribution in [0.5, 0.6) is 0 Å². The van der Waals surface area contributed by atoms with Crippen molar-refractivity contribution in [1.29, 1.82) is 4.78 Å². The van der Waals surface area contributed by atoms with Crippen LogP contribution in [0.15, 0.2) is 34.2 Å². The summed E-state index contributed by atoms with van der Waals surface area (Å²) in [6.45, 7) is 3.90. The van der Waals surface area contributed by atoms with Crippen LogP contribution in [0.3, 0.4) is 0 Å². The third-order valence-electron chi connectivity index (χ3n) is 3.79. The third-order valence-corrected chi connectivity index (χ3v) is 5.38. The fourth-order valence-electron chi connectivity index (χ4n) is 2.33. The van der Waals surface area contributed by atoms with E-state index in [1.54, 1.807) is 6.92 Å². The molecule has 3 aromatic rings. The summed E-state index contributed by atoms with van der Waals surface area (Å²) in [6, 6.07) is 7.76. The van der Waals surface area contributed by atoms with E-state index in [1.165, 1.54) is 4.57 Å². The molecule has 0 saturated carbocycles. The van der Waals surface area contributed by atoms with E-state index in [0.29, 0.717) is 12.1 Å². The van der Waals surface area contributed by atoms with Gasteiger partial charge >= 0.3 is 5.69 Å². The van der Waals surface area contributed by atoms with Gasteiger partial charge in [-0.3, -0.25) is 4.57 Å². The van der Waals surface area contributed by atoms with E-state index < -0.39 is 9.73 Å². The number of nitrogen functional groups attached to an aromatic ring is 1. The maximum absolute atomic E-state index is 12.3. The first kappa shape index (κ1) is 16.2. The molecule has 126 valence electrons. The molecule has 0 bridgehead atoms. The minimum Gasteiger partial charge on any atom is -0.382 e. The first-order valence-corrected chi connectivity index (χ1v) is 9.12. The number of aryl methyl sites for hydroxylation is 1. The van der Waals surface area contributed by atoms with Crippen LogP contribution >= 0.6 is 0 Å². The Balaban J connectivity index is 2.19. The van der Waals surface area contributed by atoms with Gasteiger partial charge in [-0.05, 0) is 12.5 Å². The highest BCUT2D eigenvalue weighted by Gasteiger charge is 2.18. The highest BCUT2D eigenvalue weighted by molar-refractivity contribution is 7.92. The number of H-pyrrole nitrogens is 1. The fraction of sp³-hybridized carbons (Fsp3) is 0.267. The van der Waals surface area contributed by atoms with Gasteiger partial charge in [0.1, 0.15) is 15.2 Å². The zero-order chi connectivity index (χ0) is 17.5. The Labute approximate surface area is 138 Å². The maximum Gasteiger partial charge on any atom is 0.328 e. The normalized spacial score (nSPS) is 13.9. The van der Waals surface area contributed by atoms with E-state index in [2.05, 4.69) is 15.0 Å². The van der Waals surface area contributed by atoms with E-state index in [0.717, 1.165) is 11.1 Å². The molecule has 0 saturated heterocycles. The number of imidazole rings is 1. The minimum absolute atomic E-state index is 0.0168. The van der Waals surface area contributed by atoms with Crippen LogP contribution in [0, 0.1) is 11.7 Å². The Morgan fingerprint density at radius 1 is 1.29 bits per heavy atom. The van der Waals surface area contributed by atoms with Gasteiger partial charge in [-0.2, -0.15) is 4.98 Å². The summed E-state index contributed by atoms with van der Waals surface area (Å²) in [7, 11) is -3.13. The number of benzene rings is 1. The number of hydrogen-bond donors (Lipinski definition) is 3. The molecule has 2 heterocycles. The number of aromatic nitrogens is 4. The zero-order valence-electron chi connectivity index (χ0n) is 13.4. The Hall–Kier alpha value is -2.68. The van der Waals surface area contributed by atoms with Gasteiger partial charge in [0.2, 0.25) is 5.16 Å². The van der Waals surface area contributed by atoms with Crippen molar-refractivity contribution in [2.45, 2.75) is 25.5 Å². The molecular weight excluding hydrogens is 328 g/mol. The van der Waals surface area contributed by atoms with Gasteiger partial charge in [0, 0.05) is 5.75 Å². The van der Waals surface area contributed by atoms with Gasteiger partial charge in [-0.15, -0.1) is 0 Å². The molecule has 0 fully saturated rings. The lowest BCUT2D eigenvalue weighted by atomic mass is 10.1. The van der Waals surface area contributed by atoms with Crippen molar-refractivity contribution >= 4 is 26.7 Å². The lowest BCUT2D eigenvalue weighted by molar-refractivity contribution is 0.667. The minimum atomic E-state index is -3.13. The Morgan fingerprint density at radius 3 is 2.58 bits per heavy atom. The molecule has 0 aliphatic rings. The molecule has 1 aromatic carbocycles. The topological polar surface area (TPSA) is 131 Å². The molecule has 2 aromatic heterocycles. The van der Waals surface area contributed by atoms with Crippen LogP contribution in [0.2, 0.25) is 0 Å². The molecule has 4 N–H and O–H groups in total. The Morgan fingerprint density at radius 2 is 1.96 bits per heavy atom. The largest absolute Gasteiger partial charge is 0.382 e. The van der Waals surface area contributed by atoms with Crippen LogP contribution in [0.4, 0.5) is 5.82 Å². The molecule has 8 nitrogen and oxygen atoms in total. The number of rotatable bonds is 4. The van der Waals surface area contributed by atoms with Crippen LogP contribution in [0.1, 0.15) is 18.1 Å². The number of fused-ring (bicyclic) bond motifs is 1. The van der Waals surface area contributed by atoms with Crippen molar-refractivity contribution in [3.05, 3.63) is 45.9 Å². The molecule has 3 rings (SSSR count). The van der Waals surface area contributed by atoms with Crippen LogP contribution in [0.25, 0.3) is 11.2 Å². The third kappa shape index (κ3) is 2.78. The molecule has 1 unspecified atom stereocenters. The summed E-state index contributed by atoms with van der Waals surface area (Å²) in [4.78, 5) is 23.0. The van der Waals surface area contributed by atoms with Gasteiger partial charge in [-0.25, -0.2) is 18.8 Å². The highest BCUT2D eigenvalue weighted by Crippen LogP contribution is 2.18. The summed E-state index contributed by atoms with van der Waals surface area (Å²) in [5, 5.41) is -0.147. The molecule has 0 radical (unpaired) electrons. The monoisotopic (exact) mass is 346 g/mol. The second kappa shape index (κ2) is 5.75. The van der Waals surface area contributed by atoms with Crippen molar-refractivity contribution in [2.75, 3.05) is 11.5 Å². The van der Waals surface area contributed by atoms with Crippen molar-refractivity contribution in [2.24, 2.45) is 0 Å². The molecule has 1 atom stereocenters. The smallest absolute Gasteiger partial charge is 0.328 e. The first-order valence-electron chi connectivity index (χ1n) is 7.40. The molecule has 9 heteroatoms. The number of anilines is 1. The summed E-state index contributed by atoms with van der Waals surface area (Å²) in [5.41, 5.74) is 8.08. The Bertz CT molecular complexity index is 1060.